The van der Waals surface area contributed by atoms with Crippen molar-refractivity contribution in [3.05, 3.63) is 47.6 Å². The van der Waals surface area contributed by atoms with Crippen LogP contribution >= 0.6 is 11.6 Å². The maximum absolute atomic E-state index is 12.0. The Morgan fingerprint density at radius 2 is 1.91 bits per heavy atom. The molecule has 3 rings (SSSR count). The second kappa shape index (κ2) is 7.30. The van der Waals surface area contributed by atoms with E-state index in [1.165, 1.54) is 0 Å². The molecule has 1 aliphatic heterocycles. The third-order valence-corrected chi connectivity index (χ3v) is 3.66. The molecule has 6 nitrogen and oxygen atoms in total. The molecule has 2 heterocycles. The largest absolute Gasteiger partial charge is 0.378 e. The van der Waals surface area contributed by atoms with Crippen molar-refractivity contribution < 1.29 is 9.53 Å². The summed E-state index contributed by atoms with van der Waals surface area (Å²) in [7, 11) is 0. The standard InChI is InChI=1S/C16H17ClN4O2/c17-12-2-1-3-13(10-12)19-16(22)20-14-4-5-15(18-11-14)21-6-8-23-9-7-21/h1-5,10-11H,6-9H2,(H2,19,20,22). The van der Waals surface area contributed by atoms with E-state index in [0.29, 0.717) is 29.6 Å². The van der Waals surface area contributed by atoms with Gasteiger partial charge in [0.15, 0.2) is 0 Å². The highest BCUT2D eigenvalue weighted by molar-refractivity contribution is 6.30. The van der Waals surface area contributed by atoms with E-state index >= 15 is 0 Å². The van der Waals surface area contributed by atoms with Crippen molar-refractivity contribution in [3.63, 3.8) is 0 Å². The third-order valence-electron chi connectivity index (χ3n) is 3.42. The van der Waals surface area contributed by atoms with Crippen molar-refractivity contribution in [2.45, 2.75) is 0 Å². The molecule has 1 aromatic heterocycles. The van der Waals surface area contributed by atoms with Crippen molar-refractivity contribution in [2.75, 3.05) is 41.8 Å². The number of ether oxygens (including phenoxy) is 1. The average Bonchev–Trinajstić information content (AvgIpc) is 2.56. The van der Waals surface area contributed by atoms with Gasteiger partial charge in [-0.3, -0.25) is 0 Å². The average molecular weight is 333 g/mol. The molecule has 120 valence electrons. The number of nitrogens with one attached hydrogen (secondary N) is 2. The number of nitrogens with zero attached hydrogens (tertiary/aromatic N) is 2. The Morgan fingerprint density at radius 1 is 1.13 bits per heavy atom. The van der Waals surface area contributed by atoms with Crippen molar-refractivity contribution in [3.8, 4) is 0 Å². The molecule has 0 radical (unpaired) electrons. The molecule has 2 amide bonds. The summed E-state index contributed by atoms with van der Waals surface area (Å²) in [6.45, 7) is 3.08. The predicted octanol–water partition coefficient (Wildman–Crippen LogP) is 3.22. The summed E-state index contributed by atoms with van der Waals surface area (Å²) in [6, 6.07) is 10.4. The lowest BCUT2D eigenvalue weighted by atomic mass is 10.3. The van der Waals surface area contributed by atoms with Crippen LogP contribution in [0.4, 0.5) is 22.0 Å². The van der Waals surface area contributed by atoms with Crippen LogP contribution in [0, 0.1) is 0 Å². The number of carbonyl (C=O) groups is 1. The number of amides is 2. The second-order valence-electron chi connectivity index (χ2n) is 5.09. The number of carbonyl (C=O) groups excluding carboxylic acids is 1. The fraction of sp³-hybridized carbons (Fsp3) is 0.250. The molecule has 0 atom stereocenters. The van der Waals surface area contributed by atoms with E-state index < -0.39 is 0 Å². The smallest absolute Gasteiger partial charge is 0.323 e. The summed E-state index contributed by atoms with van der Waals surface area (Å²) in [6.07, 6.45) is 1.64. The summed E-state index contributed by atoms with van der Waals surface area (Å²) in [4.78, 5) is 18.5. The molecule has 0 aliphatic carbocycles. The van der Waals surface area contributed by atoms with Crippen LogP contribution in [0.1, 0.15) is 0 Å². The summed E-state index contributed by atoms with van der Waals surface area (Å²) in [5, 5.41) is 6.03. The highest BCUT2D eigenvalue weighted by Crippen LogP contribution is 2.17. The summed E-state index contributed by atoms with van der Waals surface area (Å²) in [5.41, 5.74) is 1.26. The lowest BCUT2D eigenvalue weighted by Crippen LogP contribution is -2.36. The summed E-state index contributed by atoms with van der Waals surface area (Å²) in [5.74, 6) is 0.883. The first-order valence-electron chi connectivity index (χ1n) is 7.33. The van der Waals surface area contributed by atoms with Crippen LogP contribution in [0.2, 0.25) is 5.02 Å². The van der Waals surface area contributed by atoms with Crippen molar-refractivity contribution >= 4 is 34.8 Å². The number of hydrogen-bond acceptors (Lipinski definition) is 4. The van der Waals surface area contributed by atoms with Gasteiger partial charge < -0.3 is 20.3 Å². The van der Waals surface area contributed by atoms with E-state index in [-0.39, 0.29) is 6.03 Å². The van der Waals surface area contributed by atoms with E-state index in [0.717, 1.165) is 18.9 Å². The van der Waals surface area contributed by atoms with Gasteiger partial charge in [0.25, 0.3) is 0 Å². The first-order valence-corrected chi connectivity index (χ1v) is 7.71. The fourth-order valence-corrected chi connectivity index (χ4v) is 2.49. The molecule has 1 aliphatic rings. The van der Waals surface area contributed by atoms with E-state index in [9.17, 15) is 4.79 Å². The summed E-state index contributed by atoms with van der Waals surface area (Å²) < 4.78 is 5.32. The number of pyridine rings is 1. The lowest BCUT2D eigenvalue weighted by molar-refractivity contribution is 0.122. The quantitative estimate of drug-likeness (QED) is 0.905. The number of aromatic nitrogens is 1. The first-order chi connectivity index (χ1) is 11.2. The van der Waals surface area contributed by atoms with Gasteiger partial charge in [-0.1, -0.05) is 17.7 Å². The van der Waals surface area contributed by atoms with Crippen molar-refractivity contribution in [2.24, 2.45) is 0 Å². The molecular formula is C16H17ClN4O2. The number of urea groups is 1. The zero-order chi connectivity index (χ0) is 16.1. The highest BCUT2D eigenvalue weighted by atomic mass is 35.5. The lowest BCUT2D eigenvalue weighted by Gasteiger charge is -2.27. The number of halogens is 1. The highest BCUT2D eigenvalue weighted by Gasteiger charge is 2.12. The zero-order valence-corrected chi connectivity index (χ0v) is 13.2. The molecule has 2 N–H and O–H groups in total. The molecule has 1 aromatic carbocycles. The van der Waals surface area contributed by atoms with E-state index in [1.807, 2.05) is 12.1 Å². The van der Waals surface area contributed by atoms with Crippen LogP contribution in [0.5, 0.6) is 0 Å². The zero-order valence-electron chi connectivity index (χ0n) is 12.5. The van der Waals surface area contributed by atoms with E-state index in [2.05, 4.69) is 20.5 Å². The molecule has 7 heteroatoms. The molecule has 0 saturated carbocycles. The van der Waals surface area contributed by atoms with Gasteiger partial charge in [-0.2, -0.15) is 0 Å². The predicted molar refractivity (Wildman–Crippen MR) is 91.4 cm³/mol. The molecular weight excluding hydrogens is 316 g/mol. The number of anilines is 3. The van der Waals surface area contributed by atoms with Crippen molar-refractivity contribution in [1.29, 1.82) is 0 Å². The van der Waals surface area contributed by atoms with Gasteiger partial charge in [-0.25, -0.2) is 9.78 Å². The van der Waals surface area contributed by atoms with Gasteiger partial charge in [0.2, 0.25) is 0 Å². The Balaban J connectivity index is 1.58. The van der Waals surface area contributed by atoms with Crippen LogP contribution in [0.15, 0.2) is 42.6 Å². The number of hydrogen-bond donors (Lipinski definition) is 2. The van der Waals surface area contributed by atoms with Crippen LogP contribution in [-0.4, -0.2) is 37.3 Å². The molecule has 1 fully saturated rings. The molecule has 2 aromatic rings. The van der Waals surface area contributed by atoms with E-state index in [1.54, 1.807) is 30.5 Å². The van der Waals surface area contributed by atoms with E-state index in [4.69, 9.17) is 16.3 Å². The van der Waals surface area contributed by atoms with Gasteiger partial charge in [0.05, 0.1) is 25.1 Å². The Hall–Kier alpha value is -2.31. The first kappa shape index (κ1) is 15.6. The van der Waals surface area contributed by atoms with Crippen LogP contribution in [-0.2, 0) is 4.74 Å². The molecule has 0 bridgehead atoms. The fourth-order valence-electron chi connectivity index (χ4n) is 2.30. The van der Waals surface area contributed by atoms with Gasteiger partial charge in [-0.05, 0) is 30.3 Å². The topological polar surface area (TPSA) is 66.5 Å². The Kier molecular flexibility index (Phi) is 4.95. The maximum Gasteiger partial charge on any atom is 0.323 e. The van der Waals surface area contributed by atoms with Crippen LogP contribution < -0.4 is 15.5 Å². The van der Waals surface area contributed by atoms with Gasteiger partial charge >= 0.3 is 6.03 Å². The number of morpholine rings is 1. The second-order valence-corrected chi connectivity index (χ2v) is 5.53. The normalized spacial score (nSPS) is 14.4. The molecule has 1 saturated heterocycles. The number of benzene rings is 1. The monoisotopic (exact) mass is 332 g/mol. The van der Waals surface area contributed by atoms with Gasteiger partial charge in [0.1, 0.15) is 5.82 Å². The van der Waals surface area contributed by atoms with Crippen LogP contribution in [0.25, 0.3) is 0 Å². The van der Waals surface area contributed by atoms with Gasteiger partial charge in [0, 0.05) is 23.8 Å². The Labute approximate surface area is 139 Å². The van der Waals surface area contributed by atoms with Crippen LogP contribution in [0.3, 0.4) is 0 Å². The minimum absolute atomic E-state index is 0.340. The Bertz CT molecular complexity index is 672. The minimum atomic E-state index is -0.340. The maximum atomic E-state index is 12.0. The Morgan fingerprint density at radius 3 is 2.61 bits per heavy atom. The molecule has 0 spiro atoms. The van der Waals surface area contributed by atoms with Gasteiger partial charge in [-0.15, -0.1) is 0 Å². The third kappa shape index (κ3) is 4.34. The summed E-state index contributed by atoms with van der Waals surface area (Å²) >= 11 is 5.88. The van der Waals surface area contributed by atoms with Crippen molar-refractivity contribution in [1.82, 2.24) is 4.98 Å². The molecule has 23 heavy (non-hydrogen) atoms. The SMILES string of the molecule is O=C(Nc1ccc(N2CCOCC2)nc1)Nc1cccc(Cl)c1. The number of rotatable bonds is 3. The molecule has 0 unspecified atom stereocenters. The minimum Gasteiger partial charge on any atom is -0.378 e.